The molecule has 0 saturated carbocycles. The number of hydrogen-bond donors (Lipinski definition) is 0. The molecule has 0 spiro atoms. The molecular formula is C71H48N2S2. The van der Waals surface area contributed by atoms with Crippen LogP contribution in [-0.4, -0.2) is 0 Å². The maximum absolute atomic E-state index is 2.49. The van der Waals surface area contributed by atoms with Crippen molar-refractivity contribution in [2.45, 2.75) is 19.3 Å². The van der Waals surface area contributed by atoms with Gasteiger partial charge in [0.05, 0.1) is 20.8 Å². The smallest absolute Gasteiger partial charge is 0.0640 e. The Hall–Kier alpha value is -8.80. The van der Waals surface area contributed by atoms with Gasteiger partial charge >= 0.3 is 0 Å². The van der Waals surface area contributed by atoms with E-state index in [0.717, 1.165) is 22.7 Å². The molecule has 4 heteroatoms. The van der Waals surface area contributed by atoms with Crippen LogP contribution in [0.4, 0.5) is 34.1 Å². The Morgan fingerprint density at radius 2 is 0.827 bits per heavy atom. The van der Waals surface area contributed by atoms with E-state index in [1.807, 2.05) is 22.7 Å². The second-order valence-corrected chi connectivity index (χ2v) is 22.4. The highest BCUT2D eigenvalue weighted by Crippen LogP contribution is 2.57. The molecule has 354 valence electrons. The largest absolute Gasteiger partial charge is 0.309 e. The Morgan fingerprint density at radius 3 is 1.52 bits per heavy atom. The maximum Gasteiger partial charge on any atom is 0.0640 e. The normalized spacial score (nSPS) is 12.8. The second kappa shape index (κ2) is 17.1. The minimum absolute atomic E-state index is 0.339. The van der Waals surface area contributed by atoms with E-state index in [-0.39, 0.29) is 5.41 Å². The monoisotopic (exact) mass is 992 g/mol. The van der Waals surface area contributed by atoms with Crippen molar-refractivity contribution in [1.82, 2.24) is 0 Å². The zero-order valence-corrected chi connectivity index (χ0v) is 43.1. The van der Waals surface area contributed by atoms with Crippen molar-refractivity contribution >= 4 is 119 Å². The van der Waals surface area contributed by atoms with Crippen LogP contribution < -0.4 is 9.80 Å². The number of hydrogen-bond acceptors (Lipinski definition) is 4. The first-order valence-corrected chi connectivity index (χ1v) is 27.5. The van der Waals surface area contributed by atoms with Crippen LogP contribution in [0.25, 0.3) is 95.3 Å². The fourth-order valence-corrected chi connectivity index (χ4v) is 15.0. The van der Waals surface area contributed by atoms with E-state index in [1.54, 1.807) is 0 Å². The lowest BCUT2D eigenvalue weighted by Crippen LogP contribution is -2.24. The number of anilines is 6. The van der Waals surface area contributed by atoms with E-state index in [4.69, 9.17) is 0 Å². The third kappa shape index (κ3) is 6.77. The molecule has 0 atom stereocenters. The summed E-state index contributed by atoms with van der Waals surface area (Å²) in [5.74, 6) is 0. The first-order valence-electron chi connectivity index (χ1n) is 25.8. The number of thiophene rings is 2. The molecule has 0 N–H and O–H groups in total. The van der Waals surface area contributed by atoms with Crippen molar-refractivity contribution in [2.24, 2.45) is 0 Å². The van der Waals surface area contributed by atoms with Crippen molar-refractivity contribution in [1.29, 1.82) is 0 Å². The molecule has 0 radical (unpaired) electrons. The molecule has 75 heavy (non-hydrogen) atoms. The zero-order valence-electron chi connectivity index (χ0n) is 41.5. The maximum atomic E-state index is 2.49. The fourth-order valence-electron chi connectivity index (χ4n) is 12.4. The van der Waals surface area contributed by atoms with Crippen molar-refractivity contribution < 1.29 is 0 Å². The molecule has 2 heterocycles. The highest BCUT2D eigenvalue weighted by molar-refractivity contribution is 7.27. The molecule has 2 nitrogen and oxygen atoms in total. The number of rotatable bonds is 8. The summed E-state index contributed by atoms with van der Waals surface area (Å²) >= 11 is 3.78. The van der Waals surface area contributed by atoms with E-state index >= 15 is 0 Å². The summed E-state index contributed by atoms with van der Waals surface area (Å²) in [4.78, 5) is 4.96. The molecule has 0 unspecified atom stereocenters. The zero-order chi connectivity index (χ0) is 49.8. The lowest BCUT2D eigenvalue weighted by molar-refractivity contribution is 0.645. The van der Waals surface area contributed by atoms with Gasteiger partial charge in [0.1, 0.15) is 0 Å². The molecule has 0 amide bonds. The molecule has 2 aromatic heterocycles. The van der Waals surface area contributed by atoms with Gasteiger partial charge in [-0.3, -0.25) is 0 Å². The lowest BCUT2D eigenvalue weighted by atomic mass is 9.66. The van der Waals surface area contributed by atoms with Crippen LogP contribution in [0.3, 0.4) is 0 Å². The molecule has 12 aromatic carbocycles. The Bertz CT molecular complexity index is 4560. The van der Waals surface area contributed by atoms with Crippen LogP contribution in [-0.2, 0) is 5.41 Å². The van der Waals surface area contributed by atoms with Crippen molar-refractivity contribution in [3.05, 3.63) is 266 Å². The minimum atomic E-state index is -0.339. The summed E-state index contributed by atoms with van der Waals surface area (Å²) in [6.07, 6.45) is 0. The number of para-hydroxylation sites is 2. The Balaban J connectivity index is 0.963. The minimum Gasteiger partial charge on any atom is -0.309 e. The van der Waals surface area contributed by atoms with Crippen LogP contribution in [0, 0.1) is 0 Å². The first kappa shape index (κ1) is 43.8. The SMILES string of the molecule is CC1(C)c2cc(N(c3ccccc3)c3cccc4c3sc3ccccc34)ccc2-c2c(-c3ccccc3)c3ccc(N(c4ccccc4)c4cccc5c4sc4c(-c6ccccc6)cccc45)cc3c3cccc1c23. The van der Waals surface area contributed by atoms with Crippen molar-refractivity contribution in [2.75, 3.05) is 9.80 Å². The first-order chi connectivity index (χ1) is 37.0. The predicted octanol–water partition coefficient (Wildman–Crippen LogP) is 21.3. The summed E-state index contributed by atoms with van der Waals surface area (Å²) in [7, 11) is 0. The highest BCUT2D eigenvalue weighted by Gasteiger charge is 2.37. The van der Waals surface area contributed by atoms with E-state index in [0.29, 0.717) is 0 Å². The van der Waals surface area contributed by atoms with E-state index in [2.05, 4.69) is 278 Å². The summed E-state index contributed by atoms with van der Waals surface area (Å²) in [5.41, 5.74) is 16.8. The molecule has 0 aliphatic heterocycles. The van der Waals surface area contributed by atoms with Crippen LogP contribution in [0.5, 0.6) is 0 Å². The van der Waals surface area contributed by atoms with Gasteiger partial charge in [-0.2, -0.15) is 0 Å². The molecule has 0 fully saturated rings. The molecule has 0 bridgehead atoms. The van der Waals surface area contributed by atoms with Gasteiger partial charge in [-0.05, 0) is 133 Å². The third-order valence-corrected chi connectivity index (χ3v) is 18.3. The topological polar surface area (TPSA) is 6.48 Å². The van der Waals surface area contributed by atoms with Gasteiger partial charge < -0.3 is 9.80 Å². The number of benzene rings is 12. The average molecular weight is 993 g/mol. The molecule has 0 saturated heterocycles. The molecular weight excluding hydrogens is 945 g/mol. The highest BCUT2D eigenvalue weighted by atomic mass is 32.1. The summed E-state index contributed by atoms with van der Waals surface area (Å²) in [6, 6.07) is 94.5. The second-order valence-electron chi connectivity index (χ2n) is 20.3. The average Bonchev–Trinajstić information content (AvgIpc) is 4.15. The van der Waals surface area contributed by atoms with Gasteiger partial charge in [0, 0.05) is 59.1 Å². The van der Waals surface area contributed by atoms with E-state index < -0.39 is 0 Å². The Morgan fingerprint density at radius 1 is 0.307 bits per heavy atom. The fraction of sp³-hybridized carbons (Fsp3) is 0.0423. The standard InChI is InChI=1S/C71H48N2S2/c1-71(2)60-35-18-31-53-59-43-49(72(47-25-11-5-12-26-47)63-37-20-34-57-56-32-17-30-51(68(56)75-70(57)63)45-21-7-3-8-22-45)39-41-54(59)65(46-23-9-4-10-24-46)67(66(53)60)58-42-40-50(44-61(58)71)73(48-27-13-6-14-28-48)62-36-19-33-55-52-29-15-16-38-64(52)74-69(55)62/h3-44H,1-2H3. The van der Waals surface area contributed by atoms with Gasteiger partial charge in [0.2, 0.25) is 0 Å². The Kier molecular flexibility index (Phi) is 10.0. The van der Waals surface area contributed by atoms with Crippen LogP contribution >= 0.6 is 22.7 Å². The van der Waals surface area contributed by atoms with E-state index in [9.17, 15) is 0 Å². The van der Waals surface area contributed by atoms with Gasteiger partial charge in [-0.25, -0.2) is 0 Å². The van der Waals surface area contributed by atoms with Crippen LogP contribution in [0.2, 0.25) is 0 Å². The molecule has 1 aliphatic rings. The summed E-state index contributed by atoms with van der Waals surface area (Å²) in [6.45, 7) is 4.86. The summed E-state index contributed by atoms with van der Waals surface area (Å²) in [5, 5.41) is 10.2. The van der Waals surface area contributed by atoms with Gasteiger partial charge in [0.15, 0.2) is 0 Å². The molecule has 15 rings (SSSR count). The molecule has 14 aromatic rings. The molecule has 1 aliphatic carbocycles. The van der Waals surface area contributed by atoms with Crippen LogP contribution in [0.1, 0.15) is 25.0 Å². The number of nitrogens with zero attached hydrogens (tertiary/aromatic N) is 2. The quantitative estimate of drug-likeness (QED) is 0.140. The van der Waals surface area contributed by atoms with Crippen molar-refractivity contribution in [3.8, 4) is 33.4 Å². The van der Waals surface area contributed by atoms with Gasteiger partial charge in [-0.15, -0.1) is 22.7 Å². The van der Waals surface area contributed by atoms with Gasteiger partial charge in [0.25, 0.3) is 0 Å². The third-order valence-electron chi connectivity index (χ3n) is 15.8. The lowest BCUT2D eigenvalue weighted by Gasteiger charge is -2.38. The van der Waals surface area contributed by atoms with Gasteiger partial charge in [-0.1, -0.05) is 202 Å². The van der Waals surface area contributed by atoms with Crippen molar-refractivity contribution in [3.63, 3.8) is 0 Å². The summed E-state index contributed by atoms with van der Waals surface area (Å²) < 4.78 is 5.17. The Labute approximate surface area is 444 Å². The van der Waals surface area contributed by atoms with Crippen LogP contribution in [0.15, 0.2) is 255 Å². The predicted molar refractivity (Wildman–Crippen MR) is 325 cm³/mol. The number of fused-ring (bicyclic) bond motifs is 10. The van der Waals surface area contributed by atoms with E-state index in [1.165, 1.54) is 118 Å².